The summed E-state index contributed by atoms with van der Waals surface area (Å²) < 4.78 is 34.3. The van der Waals surface area contributed by atoms with Gasteiger partial charge in [-0.15, -0.1) is 0 Å². The molecule has 1 saturated heterocycles. The van der Waals surface area contributed by atoms with E-state index >= 15 is 0 Å². The van der Waals surface area contributed by atoms with Gasteiger partial charge in [0.05, 0.1) is 0 Å². The monoisotopic (exact) mass is 462 g/mol. The van der Waals surface area contributed by atoms with Crippen LogP contribution in [0.3, 0.4) is 0 Å². The summed E-state index contributed by atoms with van der Waals surface area (Å²) >= 11 is 0. The minimum absolute atomic E-state index is 0.0358. The van der Waals surface area contributed by atoms with Gasteiger partial charge in [-0.3, -0.25) is 9.78 Å². The van der Waals surface area contributed by atoms with Crippen LogP contribution >= 0.6 is 0 Å². The van der Waals surface area contributed by atoms with E-state index in [1.54, 1.807) is 40.8 Å². The van der Waals surface area contributed by atoms with Crippen molar-refractivity contribution < 1.29 is 17.7 Å². The van der Waals surface area contributed by atoms with Crippen LogP contribution in [-0.2, 0) is 21.4 Å². The molecule has 0 radical (unpaired) electrons. The lowest BCUT2D eigenvalue weighted by molar-refractivity contribution is -0.132. The number of pyridine rings is 1. The van der Waals surface area contributed by atoms with Crippen LogP contribution in [0.25, 0.3) is 11.4 Å². The first-order chi connectivity index (χ1) is 15.4. The maximum absolute atomic E-state index is 13.0. The second-order valence-electron chi connectivity index (χ2n) is 8.34. The number of aryl methyl sites for hydroxylation is 1. The highest BCUT2D eigenvalue weighted by Crippen LogP contribution is 2.25. The number of hydrogen-bond donors (Lipinski definition) is 0. The van der Waals surface area contributed by atoms with Gasteiger partial charge in [0.1, 0.15) is 0 Å². The summed E-state index contributed by atoms with van der Waals surface area (Å²) in [6.45, 7) is 1.42. The summed E-state index contributed by atoms with van der Waals surface area (Å²) in [5.41, 5.74) is 0.803. The lowest BCUT2D eigenvalue weighted by Crippen LogP contribution is -2.55. The first kappa shape index (κ1) is 22.8. The Balaban J connectivity index is 1.26. The fourth-order valence-electron chi connectivity index (χ4n) is 4.33. The summed E-state index contributed by atoms with van der Waals surface area (Å²) in [6.07, 6.45) is 9.09. The van der Waals surface area contributed by atoms with Crippen molar-refractivity contribution in [2.45, 2.75) is 51.0 Å². The molecule has 2 aromatic rings. The van der Waals surface area contributed by atoms with Gasteiger partial charge in [-0.05, 0) is 25.0 Å². The maximum atomic E-state index is 13.0. The van der Waals surface area contributed by atoms with Gasteiger partial charge >= 0.3 is 0 Å². The van der Waals surface area contributed by atoms with Crippen LogP contribution in [0.2, 0.25) is 0 Å². The van der Waals surface area contributed by atoms with Crippen LogP contribution in [0.15, 0.2) is 29.0 Å². The summed E-state index contributed by atoms with van der Waals surface area (Å²) in [7, 11) is -1.81. The Hall–Kier alpha value is -2.37. The van der Waals surface area contributed by atoms with E-state index in [0.717, 1.165) is 31.2 Å². The van der Waals surface area contributed by atoms with Crippen LogP contribution < -0.4 is 0 Å². The zero-order valence-electron chi connectivity index (χ0n) is 18.4. The normalized spacial score (nSPS) is 18.9. The Morgan fingerprint density at radius 3 is 2.50 bits per heavy atom. The summed E-state index contributed by atoms with van der Waals surface area (Å²) in [4.78, 5) is 22.6. The standard InChI is InChI=1S/C21H30N6O4S/c1-25(18-5-3-2-4-6-18)32(29,30)27-15-13-26(14-16-27)20(28)8-7-19-23-21(24-31-19)17-9-11-22-12-10-17/h9-12,18H,2-8,13-16H2,1H3. The van der Waals surface area contributed by atoms with Crippen LogP contribution in [0.4, 0.5) is 0 Å². The minimum Gasteiger partial charge on any atom is -0.340 e. The fraction of sp³-hybridized carbons (Fsp3) is 0.619. The van der Waals surface area contributed by atoms with E-state index in [0.29, 0.717) is 44.3 Å². The molecule has 2 aromatic heterocycles. The largest absolute Gasteiger partial charge is 0.340 e. The van der Waals surface area contributed by atoms with Gasteiger partial charge in [0.15, 0.2) is 0 Å². The molecule has 10 nitrogen and oxygen atoms in total. The smallest absolute Gasteiger partial charge is 0.282 e. The molecule has 32 heavy (non-hydrogen) atoms. The number of amides is 1. The highest BCUT2D eigenvalue weighted by molar-refractivity contribution is 7.86. The van der Waals surface area contributed by atoms with Crippen LogP contribution in [0.1, 0.15) is 44.4 Å². The Morgan fingerprint density at radius 2 is 1.81 bits per heavy atom. The number of hydrogen-bond acceptors (Lipinski definition) is 7. The van der Waals surface area contributed by atoms with Gasteiger partial charge in [0.2, 0.25) is 17.6 Å². The molecule has 0 N–H and O–H groups in total. The van der Waals surface area contributed by atoms with E-state index in [9.17, 15) is 13.2 Å². The molecule has 11 heteroatoms. The predicted molar refractivity (Wildman–Crippen MR) is 118 cm³/mol. The van der Waals surface area contributed by atoms with Crippen LogP contribution in [-0.4, -0.2) is 82.2 Å². The molecule has 0 atom stereocenters. The third-order valence-electron chi connectivity index (χ3n) is 6.33. The van der Waals surface area contributed by atoms with Crippen molar-refractivity contribution >= 4 is 16.1 Å². The molecule has 2 aliphatic rings. The molecule has 1 saturated carbocycles. The molecule has 0 aromatic carbocycles. The molecule has 1 amide bonds. The highest BCUT2D eigenvalue weighted by atomic mass is 32.2. The van der Waals surface area contributed by atoms with Gasteiger partial charge in [0.25, 0.3) is 10.2 Å². The molecule has 1 aliphatic carbocycles. The van der Waals surface area contributed by atoms with Crippen LogP contribution in [0, 0.1) is 0 Å². The van der Waals surface area contributed by atoms with Crippen LogP contribution in [0.5, 0.6) is 0 Å². The van der Waals surface area contributed by atoms with Crippen molar-refractivity contribution in [2.24, 2.45) is 0 Å². The number of nitrogens with zero attached hydrogens (tertiary/aromatic N) is 6. The van der Waals surface area contributed by atoms with Crippen molar-refractivity contribution in [2.75, 3.05) is 33.2 Å². The van der Waals surface area contributed by atoms with E-state index in [1.807, 2.05) is 0 Å². The van der Waals surface area contributed by atoms with Gasteiger partial charge in [-0.1, -0.05) is 24.4 Å². The van der Waals surface area contributed by atoms with Crippen molar-refractivity contribution in [3.05, 3.63) is 30.4 Å². The fourth-order valence-corrected chi connectivity index (χ4v) is 5.91. The third kappa shape index (κ3) is 5.16. The Kier molecular flexibility index (Phi) is 7.17. The number of piperazine rings is 1. The molecule has 0 bridgehead atoms. The van der Waals surface area contributed by atoms with Crippen molar-refractivity contribution in [3.63, 3.8) is 0 Å². The second-order valence-corrected chi connectivity index (χ2v) is 10.3. The van der Waals surface area contributed by atoms with Crippen molar-refractivity contribution in [1.29, 1.82) is 0 Å². The second kappa shape index (κ2) is 10.1. The average molecular weight is 463 g/mol. The molecular formula is C21H30N6O4S. The molecule has 2 fully saturated rings. The SMILES string of the molecule is CN(C1CCCCC1)S(=O)(=O)N1CCN(C(=O)CCc2nc(-c3ccncc3)no2)CC1. The topological polar surface area (TPSA) is 113 Å². The Morgan fingerprint density at radius 1 is 1.12 bits per heavy atom. The van der Waals surface area contributed by atoms with Gasteiger partial charge < -0.3 is 9.42 Å². The molecule has 0 spiro atoms. The van der Waals surface area contributed by atoms with E-state index in [-0.39, 0.29) is 18.4 Å². The minimum atomic E-state index is -3.50. The van der Waals surface area contributed by atoms with E-state index in [1.165, 1.54) is 10.7 Å². The summed E-state index contributed by atoms with van der Waals surface area (Å²) in [6, 6.07) is 3.66. The highest BCUT2D eigenvalue weighted by Gasteiger charge is 2.35. The number of carbonyl (C=O) groups excluding carboxylic acids is 1. The quantitative estimate of drug-likeness (QED) is 0.616. The molecule has 4 rings (SSSR count). The van der Waals surface area contributed by atoms with E-state index in [4.69, 9.17) is 4.52 Å². The number of carbonyl (C=O) groups is 1. The number of rotatable bonds is 7. The molecule has 1 aliphatic heterocycles. The molecular weight excluding hydrogens is 432 g/mol. The average Bonchev–Trinajstić information content (AvgIpc) is 3.32. The Labute approximate surface area is 188 Å². The lowest BCUT2D eigenvalue weighted by Gasteiger charge is -2.38. The van der Waals surface area contributed by atoms with E-state index < -0.39 is 10.2 Å². The van der Waals surface area contributed by atoms with Crippen molar-refractivity contribution in [1.82, 2.24) is 28.6 Å². The summed E-state index contributed by atoms with van der Waals surface area (Å²) in [5.74, 6) is 0.836. The van der Waals surface area contributed by atoms with E-state index in [2.05, 4.69) is 15.1 Å². The molecule has 0 unspecified atom stereocenters. The Bertz CT molecular complexity index is 998. The molecule has 174 valence electrons. The zero-order chi connectivity index (χ0) is 22.6. The van der Waals surface area contributed by atoms with Crippen molar-refractivity contribution in [3.8, 4) is 11.4 Å². The third-order valence-corrected chi connectivity index (χ3v) is 8.37. The first-order valence-electron chi connectivity index (χ1n) is 11.2. The zero-order valence-corrected chi connectivity index (χ0v) is 19.2. The maximum Gasteiger partial charge on any atom is 0.282 e. The summed E-state index contributed by atoms with van der Waals surface area (Å²) in [5, 5.41) is 3.95. The van der Waals surface area contributed by atoms with Gasteiger partial charge in [0, 0.05) is 70.1 Å². The van der Waals surface area contributed by atoms with Gasteiger partial charge in [-0.25, -0.2) is 0 Å². The lowest BCUT2D eigenvalue weighted by atomic mass is 9.96. The van der Waals surface area contributed by atoms with Gasteiger partial charge in [-0.2, -0.15) is 22.0 Å². The number of aromatic nitrogens is 3. The molecule has 3 heterocycles. The first-order valence-corrected chi connectivity index (χ1v) is 12.6. The predicted octanol–water partition coefficient (Wildman–Crippen LogP) is 1.72.